The van der Waals surface area contributed by atoms with E-state index in [1.54, 1.807) is 12.3 Å². The molecule has 2 N–H and O–H groups in total. The fraction of sp³-hybridized carbons (Fsp3) is 0. The van der Waals surface area contributed by atoms with Gasteiger partial charge in [-0.1, -0.05) is 6.07 Å². The molecule has 0 radical (unpaired) electrons. The Hall–Kier alpha value is -1.95. The summed E-state index contributed by atoms with van der Waals surface area (Å²) in [7, 11) is 0. The van der Waals surface area contributed by atoms with Gasteiger partial charge in [-0.25, -0.2) is 0 Å². The van der Waals surface area contributed by atoms with Crippen LogP contribution in [0.3, 0.4) is 0 Å². The van der Waals surface area contributed by atoms with Crippen LogP contribution in [0.25, 0.3) is 10.9 Å². The first-order chi connectivity index (χ1) is 5.83. The fourth-order valence-electron chi connectivity index (χ4n) is 1.29. The summed E-state index contributed by atoms with van der Waals surface area (Å²) in [5.41, 5.74) is 1.55. The third kappa shape index (κ3) is 0.753. The van der Waals surface area contributed by atoms with Gasteiger partial charge in [0.15, 0.2) is 0 Å². The van der Waals surface area contributed by atoms with Gasteiger partial charge in [-0.15, -0.1) is 0 Å². The quantitative estimate of drug-likeness (QED) is 0.584. The van der Waals surface area contributed by atoms with Gasteiger partial charge in [0, 0.05) is 11.6 Å². The molecule has 2 rings (SSSR count). The number of nitrogens with two attached hydrogens (primary N) is 1. The second-order valence-corrected chi connectivity index (χ2v) is 2.57. The molecule has 12 heavy (non-hydrogen) atoms. The third-order valence-electron chi connectivity index (χ3n) is 1.88. The summed E-state index contributed by atoms with van der Waals surface area (Å²) in [6, 6.07) is 9.44. The van der Waals surface area contributed by atoms with Crippen molar-refractivity contribution in [2.75, 3.05) is 5.84 Å². The summed E-state index contributed by atoms with van der Waals surface area (Å²) in [5.74, 6) is 5.61. The molecule has 1 heterocycles. The summed E-state index contributed by atoms with van der Waals surface area (Å²) in [6.45, 7) is 0. The van der Waals surface area contributed by atoms with E-state index in [2.05, 4.69) is 6.07 Å². The van der Waals surface area contributed by atoms with Crippen LogP contribution >= 0.6 is 0 Å². The minimum atomic E-state index is 0.664. The molecular weight excluding hydrogens is 150 g/mol. The second-order valence-electron chi connectivity index (χ2n) is 2.57. The molecule has 0 spiro atoms. The van der Waals surface area contributed by atoms with Crippen molar-refractivity contribution in [1.82, 2.24) is 4.68 Å². The minimum Gasteiger partial charge on any atom is -0.339 e. The van der Waals surface area contributed by atoms with E-state index < -0.39 is 0 Å². The van der Waals surface area contributed by atoms with Gasteiger partial charge in [0.1, 0.15) is 0 Å². The van der Waals surface area contributed by atoms with Gasteiger partial charge in [0.25, 0.3) is 0 Å². The molecule has 0 amide bonds. The molecule has 3 heteroatoms. The number of nitrogens with zero attached hydrogens (tertiary/aromatic N) is 2. The van der Waals surface area contributed by atoms with Crippen LogP contribution < -0.4 is 5.84 Å². The predicted octanol–water partition coefficient (Wildman–Crippen LogP) is 1.23. The van der Waals surface area contributed by atoms with Crippen molar-refractivity contribution < 1.29 is 0 Å². The van der Waals surface area contributed by atoms with E-state index in [1.165, 1.54) is 4.68 Å². The molecule has 2 aromatic rings. The van der Waals surface area contributed by atoms with Crippen molar-refractivity contribution in [3.63, 3.8) is 0 Å². The molecule has 58 valence electrons. The number of nitrogen functional groups attached to an aromatic ring is 1. The van der Waals surface area contributed by atoms with E-state index in [0.29, 0.717) is 5.56 Å². The molecule has 3 nitrogen and oxygen atoms in total. The lowest BCUT2D eigenvalue weighted by Crippen LogP contribution is -2.04. The molecule has 0 aliphatic rings. The minimum absolute atomic E-state index is 0.664. The molecule has 0 aliphatic carbocycles. The zero-order valence-corrected chi connectivity index (χ0v) is 6.36. The summed E-state index contributed by atoms with van der Waals surface area (Å²) in [6.07, 6.45) is 1.74. The Bertz CT molecular complexity index is 462. The van der Waals surface area contributed by atoms with Crippen molar-refractivity contribution in [2.24, 2.45) is 0 Å². The number of fused-ring (bicyclic) bond motifs is 1. The maximum absolute atomic E-state index is 8.74. The maximum Gasteiger partial charge on any atom is 0.0998 e. The number of hydrogen-bond acceptors (Lipinski definition) is 2. The normalized spacial score (nSPS) is 9.92. The van der Waals surface area contributed by atoms with Gasteiger partial charge in [-0.05, 0) is 18.2 Å². The van der Waals surface area contributed by atoms with Crippen LogP contribution in [0.4, 0.5) is 0 Å². The summed E-state index contributed by atoms with van der Waals surface area (Å²) in [5, 5.41) is 9.65. The highest BCUT2D eigenvalue weighted by Crippen LogP contribution is 2.17. The Morgan fingerprint density at radius 1 is 1.33 bits per heavy atom. The van der Waals surface area contributed by atoms with Crippen molar-refractivity contribution in [1.29, 1.82) is 5.26 Å². The summed E-state index contributed by atoms with van der Waals surface area (Å²) < 4.78 is 1.51. The zero-order valence-electron chi connectivity index (χ0n) is 6.36. The SMILES string of the molecule is N#Cc1cccc2c1ccn2N. The summed E-state index contributed by atoms with van der Waals surface area (Å²) >= 11 is 0. The van der Waals surface area contributed by atoms with Crippen LogP contribution in [-0.4, -0.2) is 4.68 Å². The number of hydrogen-bond donors (Lipinski definition) is 1. The first-order valence-electron chi connectivity index (χ1n) is 3.58. The predicted molar refractivity (Wildman–Crippen MR) is 46.8 cm³/mol. The number of rotatable bonds is 0. The van der Waals surface area contributed by atoms with Crippen molar-refractivity contribution in [3.8, 4) is 6.07 Å². The fourth-order valence-corrected chi connectivity index (χ4v) is 1.29. The molecule has 0 atom stereocenters. The lowest BCUT2D eigenvalue weighted by molar-refractivity contribution is 1.07. The first-order valence-corrected chi connectivity index (χ1v) is 3.58. The maximum atomic E-state index is 8.74. The Balaban J connectivity index is 2.92. The Morgan fingerprint density at radius 2 is 2.17 bits per heavy atom. The largest absolute Gasteiger partial charge is 0.339 e. The highest BCUT2D eigenvalue weighted by molar-refractivity contribution is 5.85. The van der Waals surface area contributed by atoms with Crippen LogP contribution in [0.2, 0.25) is 0 Å². The van der Waals surface area contributed by atoms with E-state index in [9.17, 15) is 0 Å². The number of nitriles is 1. The van der Waals surface area contributed by atoms with Crippen LogP contribution in [-0.2, 0) is 0 Å². The van der Waals surface area contributed by atoms with Crippen LogP contribution in [0.15, 0.2) is 30.5 Å². The molecular formula is C9H7N3. The lowest BCUT2D eigenvalue weighted by atomic mass is 10.1. The Labute approximate surface area is 69.6 Å². The first kappa shape index (κ1) is 6.74. The highest BCUT2D eigenvalue weighted by Gasteiger charge is 2.01. The van der Waals surface area contributed by atoms with Crippen LogP contribution in [0.1, 0.15) is 5.56 Å². The van der Waals surface area contributed by atoms with Gasteiger partial charge in [-0.2, -0.15) is 5.26 Å². The number of aromatic nitrogens is 1. The Kier molecular flexibility index (Phi) is 1.28. The van der Waals surface area contributed by atoms with Crippen molar-refractivity contribution >= 4 is 10.9 Å². The van der Waals surface area contributed by atoms with E-state index in [-0.39, 0.29) is 0 Å². The van der Waals surface area contributed by atoms with E-state index >= 15 is 0 Å². The van der Waals surface area contributed by atoms with Crippen LogP contribution in [0.5, 0.6) is 0 Å². The molecule has 1 aromatic heterocycles. The number of benzene rings is 1. The van der Waals surface area contributed by atoms with Gasteiger partial charge in [0.05, 0.1) is 17.1 Å². The van der Waals surface area contributed by atoms with Crippen molar-refractivity contribution in [2.45, 2.75) is 0 Å². The second kappa shape index (κ2) is 2.28. The average molecular weight is 157 g/mol. The van der Waals surface area contributed by atoms with E-state index in [0.717, 1.165) is 10.9 Å². The van der Waals surface area contributed by atoms with Gasteiger partial charge < -0.3 is 5.84 Å². The molecule has 0 bridgehead atoms. The molecule has 0 saturated heterocycles. The van der Waals surface area contributed by atoms with Crippen molar-refractivity contribution in [3.05, 3.63) is 36.0 Å². The summed E-state index contributed by atoms with van der Waals surface area (Å²) in [4.78, 5) is 0. The third-order valence-corrected chi connectivity index (χ3v) is 1.88. The van der Waals surface area contributed by atoms with E-state index in [4.69, 9.17) is 11.1 Å². The molecule has 0 fully saturated rings. The van der Waals surface area contributed by atoms with Gasteiger partial charge >= 0.3 is 0 Å². The molecule has 0 saturated carbocycles. The smallest absolute Gasteiger partial charge is 0.0998 e. The van der Waals surface area contributed by atoms with Gasteiger partial charge in [0.2, 0.25) is 0 Å². The topological polar surface area (TPSA) is 54.7 Å². The molecule has 0 aliphatic heterocycles. The van der Waals surface area contributed by atoms with Crippen LogP contribution in [0, 0.1) is 11.3 Å². The van der Waals surface area contributed by atoms with E-state index in [1.807, 2.05) is 18.2 Å². The van der Waals surface area contributed by atoms with Gasteiger partial charge in [-0.3, -0.25) is 4.68 Å². The molecule has 0 unspecified atom stereocenters. The standard InChI is InChI=1S/C9H7N3/c10-6-7-2-1-3-9-8(7)4-5-12(9)11/h1-5H,11H2. The Morgan fingerprint density at radius 3 is 2.92 bits per heavy atom. The zero-order chi connectivity index (χ0) is 8.55. The average Bonchev–Trinajstić information content (AvgIpc) is 2.48. The molecule has 1 aromatic carbocycles. The lowest BCUT2D eigenvalue weighted by Gasteiger charge is -1.95. The monoisotopic (exact) mass is 157 g/mol. The highest BCUT2D eigenvalue weighted by atomic mass is 15.3.